The van der Waals surface area contributed by atoms with Gasteiger partial charge in [-0.15, -0.1) is 0 Å². The third kappa shape index (κ3) is 3.08. The maximum absolute atomic E-state index is 12.0. The van der Waals surface area contributed by atoms with E-state index in [0.717, 1.165) is 10.0 Å². The molecule has 2 rings (SSSR count). The van der Waals surface area contributed by atoms with Gasteiger partial charge < -0.3 is 0 Å². The molecule has 0 saturated heterocycles. The van der Waals surface area contributed by atoms with E-state index in [0.29, 0.717) is 12.8 Å². The smallest absolute Gasteiger partial charge is 0.150 e. The molecular weight excluding hydrogens is 292 g/mol. The number of halogens is 1. The van der Waals surface area contributed by atoms with Crippen molar-refractivity contribution in [2.24, 2.45) is 0 Å². The Hall–Kier alpha value is -0.960. The van der Waals surface area contributed by atoms with Gasteiger partial charge in [-0.05, 0) is 31.0 Å². The minimum absolute atomic E-state index is 0.0473. The van der Waals surface area contributed by atoms with Crippen LogP contribution in [0.3, 0.4) is 0 Å². The van der Waals surface area contributed by atoms with Gasteiger partial charge in [-0.1, -0.05) is 41.9 Å². The summed E-state index contributed by atoms with van der Waals surface area (Å²) in [6.45, 7) is 5.94. The second-order valence-corrected chi connectivity index (χ2v) is 5.39. The maximum atomic E-state index is 12.0. The van der Waals surface area contributed by atoms with Crippen LogP contribution in [0.2, 0.25) is 0 Å². The lowest BCUT2D eigenvalue weighted by Gasteiger charge is -2.31. The van der Waals surface area contributed by atoms with Crippen LogP contribution >= 0.6 is 15.9 Å². The molecule has 0 amide bonds. The minimum Gasteiger partial charge on any atom is -0.299 e. The van der Waals surface area contributed by atoms with Gasteiger partial charge >= 0.3 is 0 Å². The fourth-order valence-corrected chi connectivity index (χ4v) is 2.38. The van der Waals surface area contributed by atoms with Crippen molar-refractivity contribution in [3.05, 3.63) is 34.3 Å². The highest BCUT2D eigenvalue weighted by molar-refractivity contribution is 9.10. The summed E-state index contributed by atoms with van der Waals surface area (Å²) in [5, 5.41) is 0. The Morgan fingerprint density at radius 3 is 2.17 bits per heavy atom. The Kier molecular flexibility index (Phi) is 5.27. The Morgan fingerprint density at radius 2 is 1.67 bits per heavy atom. The summed E-state index contributed by atoms with van der Waals surface area (Å²) in [4.78, 5) is 23.2. The molecule has 3 heteroatoms. The molecule has 1 fully saturated rings. The number of carbonyl (C=O) groups is 2. The molecule has 1 aliphatic rings. The van der Waals surface area contributed by atoms with E-state index < -0.39 is 5.41 Å². The van der Waals surface area contributed by atoms with Crippen molar-refractivity contribution in [1.82, 2.24) is 0 Å². The van der Waals surface area contributed by atoms with Crippen molar-refractivity contribution in [2.75, 3.05) is 0 Å². The molecule has 1 atom stereocenters. The lowest BCUT2D eigenvalue weighted by Crippen LogP contribution is -2.38. The van der Waals surface area contributed by atoms with E-state index in [2.05, 4.69) is 15.9 Å². The van der Waals surface area contributed by atoms with Crippen LogP contribution in [0.15, 0.2) is 28.7 Å². The van der Waals surface area contributed by atoms with Gasteiger partial charge in [0.25, 0.3) is 0 Å². The largest absolute Gasteiger partial charge is 0.299 e. The predicted molar refractivity (Wildman–Crippen MR) is 76.7 cm³/mol. The standard InChI is InChI=1S/C13H13BrO2.C2H6/c1-13(7-6-11(15)8-12(13)16)9-2-4-10(14)5-3-9;1-2/h2-5H,6-8H2,1H3;1-2H3. The molecule has 0 spiro atoms. The van der Waals surface area contributed by atoms with Crippen molar-refractivity contribution in [3.63, 3.8) is 0 Å². The fourth-order valence-electron chi connectivity index (χ4n) is 2.11. The average Bonchev–Trinajstić information content (AvgIpc) is 2.38. The van der Waals surface area contributed by atoms with E-state index >= 15 is 0 Å². The van der Waals surface area contributed by atoms with Crippen LogP contribution in [-0.2, 0) is 15.0 Å². The molecule has 0 aromatic heterocycles. The summed E-state index contributed by atoms with van der Waals surface area (Å²) < 4.78 is 0.999. The molecule has 0 heterocycles. The quantitative estimate of drug-likeness (QED) is 0.733. The first kappa shape index (κ1) is 15.1. The third-order valence-electron chi connectivity index (χ3n) is 3.36. The zero-order valence-electron chi connectivity index (χ0n) is 11.1. The molecule has 1 saturated carbocycles. The molecule has 0 radical (unpaired) electrons. The summed E-state index contributed by atoms with van der Waals surface area (Å²) in [7, 11) is 0. The molecule has 2 nitrogen and oxygen atoms in total. The third-order valence-corrected chi connectivity index (χ3v) is 3.89. The van der Waals surface area contributed by atoms with Gasteiger partial charge in [-0.3, -0.25) is 9.59 Å². The first-order valence-corrected chi connectivity index (χ1v) is 7.13. The summed E-state index contributed by atoms with van der Waals surface area (Å²) in [6, 6.07) is 7.78. The number of carbonyl (C=O) groups excluding carboxylic acids is 2. The average molecular weight is 311 g/mol. The number of hydrogen-bond donors (Lipinski definition) is 0. The van der Waals surface area contributed by atoms with Crippen LogP contribution < -0.4 is 0 Å². The van der Waals surface area contributed by atoms with Gasteiger partial charge in [0.15, 0.2) is 0 Å². The van der Waals surface area contributed by atoms with Gasteiger partial charge in [0.05, 0.1) is 11.8 Å². The molecule has 18 heavy (non-hydrogen) atoms. The van der Waals surface area contributed by atoms with Crippen molar-refractivity contribution in [1.29, 1.82) is 0 Å². The second-order valence-electron chi connectivity index (χ2n) is 4.48. The Bertz CT molecular complexity index is 436. The Balaban J connectivity index is 0.000000771. The molecule has 0 aliphatic heterocycles. The first-order valence-electron chi connectivity index (χ1n) is 6.33. The number of benzene rings is 1. The van der Waals surface area contributed by atoms with E-state index in [1.54, 1.807) is 0 Å². The highest BCUT2D eigenvalue weighted by Gasteiger charge is 2.39. The SMILES string of the molecule is CC.CC1(c2ccc(Br)cc2)CCC(=O)CC1=O. The Morgan fingerprint density at radius 1 is 1.11 bits per heavy atom. The van der Waals surface area contributed by atoms with Gasteiger partial charge in [0, 0.05) is 10.9 Å². The van der Waals surface area contributed by atoms with E-state index in [1.165, 1.54) is 0 Å². The lowest BCUT2D eigenvalue weighted by atomic mass is 9.70. The minimum atomic E-state index is -0.478. The van der Waals surface area contributed by atoms with Crippen LogP contribution in [-0.4, -0.2) is 11.6 Å². The summed E-state index contributed by atoms with van der Waals surface area (Å²) >= 11 is 3.37. The zero-order valence-corrected chi connectivity index (χ0v) is 12.7. The second kappa shape index (κ2) is 6.28. The van der Waals surface area contributed by atoms with Crippen LogP contribution in [0.1, 0.15) is 45.6 Å². The predicted octanol–water partition coefficient (Wildman–Crippen LogP) is 4.06. The summed E-state index contributed by atoms with van der Waals surface area (Å²) in [5.41, 5.74) is 0.530. The molecule has 0 N–H and O–H groups in total. The van der Waals surface area contributed by atoms with Crippen molar-refractivity contribution in [3.8, 4) is 0 Å². The summed E-state index contributed by atoms with van der Waals surface area (Å²) in [6.07, 6.45) is 1.23. The van der Waals surface area contributed by atoms with Gasteiger partial charge in [0.1, 0.15) is 11.6 Å². The normalized spacial score (nSPS) is 23.3. The van der Waals surface area contributed by atoms with E-state index in [-0.39, 0.29) is 18.0 Å². The molecular formula is C15H19BrO2. The number of hydrogen-bond acceptors (Lipinski definition) is 2. The molecule has 1 unspecified atom stereocenters. The molecule has 1 aromatic carbocycles. The summed E-state index contributed by atoms with van der Waals surface area (Å²) in [5.74, 6) is 0.116. The van der Waals surface area contributed by atoms with Crippen LogP contribution in [0.25, 0.3) is 0 Å². The number of ketones is 2. The van der Waals surface area contributed by atoms with Crippen molar-refractivity contribution >= 4 is 27.5 Å². The number of rotatable bonds is 1. The van der Waals surface area contributed by atoms with E-state index in [9.17, 15) is 9.59 Å². The van der Waals surface area contributed by atoms with Crippen LogP contribution in [0, 0.1) is 0 Å². The van der Waals surface area contributed by atoms with Crippen LogP contribution in [0.5, 0.6) is 0 Å². The van der Waals surface area contributed by atoms with Crippen molar-refractivity contribution < 1.29 is 9.59 Å². The molecule has 1 aromatic rings. The van der Waals surface area contributed by atoms with Gasteiger partial charge in [-0.25, -0.2) is 0 Å². The highest BCUT2D eigenvalue weighted by Crippen LogP contribution is 2.35. The fraction of sp³-hybridized carbons (Fsp3) is 0.467. The van der Waals surface area contributed by atoms with Gasteiger partial charge in [0.2, 0.25) is 0 Å². The van der Waals surface area contributed by atoms with Gasteiger partial charge in [-0.2, -0.15) is 0 Å². The molecule has 1 aliphatic carbocycles. The monoisotopic (exact) mass is 310 g/mol. The maximum Gasteiger partial charge on any atom is 0.150 e. The molecule has 0 bridgehead atoms. The topological polar surface area (TPSA) is 34.1 Å². The zero-order chi connectivity index (χ0) is 13.8. The van der Waals surface area contributed by atoms with E-state index in [1.807, 2.05) is 45.0 Å². The Labute approximate surface area is 117 Å². The first-order chi connectivity index (χ1) is 8.52. The number of Topliss-reactive ketones (excluding diaryl/α,β-unsaturated/α-hetero) is 2. The van der Waals surface area contributed by atoms with Crippen molar-refractivity contribution in [2.45, 2.75) is 45.4 Å². The van der Waals surface area contributed by atoms with E-state index in [4.69, 9.17) is 0 Å². The highest BCUT2D eigenvalue weighted by atomic mass is 79.9. The molecule has 98 valence electrons. The van der Waals surface area contributed by atoms with Crippen LogP contribution in [0.4, 0.5) is 0 Å². The lowest BCUT2D eigenvalue weighted by molar-refractivity contribution is -0.133.